The third-order valence-electron chi connectivity index (χ3n) is 5.20. The fraction of sp³-hybridized carbons (Fsp3) is 0.600. The molecule has 3 fully saturated rings. The van der Waals surface area contributed by atoms with Gasteiger partial charge in [0.2, 0.25) is 0 Å². The Morgan fingerprint density at radius 3 is 1.38 bits per heavy atom. The highest BCUT2D eigenvalue weighted by molar-refractivity contribution is 7.89. The van der Waals surface area contributed by atoms with Crippen LogP contribution in [0.3, 0.4) is 0 Å². The molecule has 17 heteroatoms. The first-order valence-corrected chi connectivity index (χ1v) is 13.1. The highest BCUT2D eigenvalue weighted by Crippen LogP contribution is 2.14. The lowest BCUT2D eigenvalue weighted by atomic mass is 10.2. The molecule has 0 aromatic rings. The minimum absolute atomic E-state index is 0.00121. The molecule has 202 valence electrons. The van der Waals surface area contributed by atoms with Gasteiger partial charge < -0.3 is 9.68 Å². The molecule has 0 atom stereocenters. The van der Waals surface area contributed by atoms with Crippen LogP contribution in [0.2, 0.25) is 0 Å². The largest absolute Gasteiger partial charge is 0.333 e. The van der Waals surface area contributed by atoms with Crippen LogP contribution >= 0.6 is 0 Å². The molecule has 3 aliphatic heterocycles. The summed E-state index contributed by atoms with van der Waals surface area (Å²) in [7, 11) is -3.85. The molecule has 3 aliphatic rings. The Kier molecular flexibility index (Phi) is 9.26. The quantitative estimate of drug-likeness (QED) is 0.222. The fourth-order valence-corrected chi connectivity index (χ4v) is 4.23. The number of aliphatic imine (C=N–C) groups is 2. The van der Waals surface area contributed by atoms with Crippen LogP contribution in [0.15, 0.2) is 9.98 Å². The van der Waals surface area contributed by atoms with Crippen LogP contribution in [-0.2, 0) is 48.7 Å². The number of hydrogen-bond acceptors (Lipinski definition) is 12. The number of carbonyl (C=O) groups excluding carboxylic acids is 6. The van der Waals surface area contributed by atoms with Gasteiger partial charge in [0.15, 0.2) is 11.7 Å². The summed E-state index contributed by atoms with van der Waals surface area (Å²) < 4.78 is 28.1. The van der Waals surface area contributed by atoms with E-state index in [1.807, 2.05) is 0 Å². The smallest absolute Gasteiger partial charge is 0.330 e. The number of unbranched alkanes of at least 4 members (excludes halogenated alkanes) is 2. The second-order valence-electron chi connectivity index (χ2n) is 8.17. The lowest BCUT2D eigenvalue weighted by Crippen LogP contribution is -2.31. The molecule has 3 saturated heterocycles. The number of amidine groups is 2. The third kappa shape index (κ3) is 8.06. The number of hydrogen-bond donors (Lipinski definition) is 2. The van der Waals surface area contributed by atoms with E-state index in [1.165, 1.54) is 0 Å². The molecule has 16 nitrogen and oxygen atoms in total. The Bertz CT molecular complexity index is 1030. The summed E-state index contributed by atoms with van der Waals surface area (Å²) in [6.45, 7) is 0.320. The van der Waals surface area contributed by atoms with Crippen molar-refractivity contribution < 1.29 is 46.9 Å². The molecule has 3 rings (SSSR count). The minimum atomic E-state index is -3.85. The predicted octanol–water partition coefficient (Wildman–Crippen LogP) is -1.22. The van der Waals surface area contributed by atoms with Gasteiger partial charge in [-0.15, -0.1) is 10.1 Å². The van der Waals surface area contributed by atoms with Crippen molar-refractivity contribution in [2.75, 3.05) is 13.1 Å². The van der Waals surface area contributed by atoms with Gasteiger partial charge in [-0.2, -0.15) is 8.42 Å². The van der Waals surface area contributed by atoms with Crippen LogP contribution in [0.1, 0.15) is 64.2 Å². The van der Waals surface area contributed by atoms with Crippen LogP contribution < -0.4 is 9.44 Å². The summed E-state index contributed by atoms with van der Waals surface area (Å²) in [6, 6.07) is 0. The number of imide groups is 2. The number of hydroxylamine groups is 4. The first-order valence-electron chi connectivity index (χ1n) is 11.6. The Hall–Kier alpha value is -3.89. The topological polar surface area (TPSA) is 210 Å². The molecular formula is C20H26N6O10S. The maximum Gasteiger partial charge on any atom is 0.333 e. The monoisotopic (exact) mass is 542 g/mol. The molecule has 0 aromatic heterocycles. The average molecular weight is 543 g/mol. The van der Waals surface area contributed by atoms with E-state index in [2.05, 4.69) is 19.4 Å². The van der Waals surface area contributed by atoms with Crippen LogP contribution in [0.5, 0.6) is 0 Å². The molecule has 0 spiro atoms. The summed E-state index contributed by atoms with van der Waals surface area (Å²) in [5, 5.41) is 0.950. The van der Waals surface area contributed by atoms with Gasteiger partial charge in [-0.1, -0.05) is 0 Å². The first kappa shape index (κ1) is 27.7. The molecule has 0 unspecified atom stereocenters. The zero-order valence-electron chi connectivity index (χ0n) is 19.8. The predicted molar refractivity (Wildman–Crippen MR) is 122 cm³/mol. The van der Waals surface area contributed by atoms with Gasteiger partial charge in [-0.05, 0) is 25.7 Å². The SMILES string of the molecule is O=C(CCCCN=C1NS(=O)(=O)NC1=NCCCCC(=O)ON1C(=O)CCC1=O)ON1C(=O)CCC1=O. The maximum atomic E-state index is 11.8. The van der Waals surface area contributed by atoms with Gasteiger partial charge in [0.1, 0.15) is 0 Å². The molecule has 37 heavy (non-hydrogen) atoms. The summed E-state index contributed by atoms with van der Waals surface area (Å²) in [4.78, 5) is 87.2. The minimum Gasteiger partial charge on any atom is -0.330 e. The van der Waals surface area contributed by atoms with E-state index in [4.69, 9.17) is 9.68 Å². The average Bonchev–Trinajstić information content (AvgIpc) is 3.43. The van der Waals surface area contributed by atoms with E-state index in [0.717, 1.165) is 0 Å². The van der Waals surface area contributed by atoms with E-state index in [0.29, 0.717) is 35.8 Å². The number of amides is 4. The summed E-state index contributed by atoms with van der Waals surface area (Å²) in [5.74, 6) is -3.71. The zero-order valence-corrected chi connectivity index (χ0v) is 20.6. The highest BCUT2D eigenvalue weighted by Gasteiger charge is 2.33. The van der Waals surface area contributed by atoms with Crippen molar-refractivity contribution in [2.24, 2.45) is 9.98 Å². The van der Waals surface area contributed by atoms with Crippen molar-refractivity contribution in [3.63, 3.8) is 0 Å². The van der Waals surface area contributed by atoms with Gasteiger partial charge in [-0.3, -0.25) is 29.2 Å². The van der Waals surface area contributed by atoms with Gasteiger partial charge in [-0.25, -0.2) is 19.0 Å². The van der Waals surface area contributed by atoms with Crippen molar-refractivity contribution in [3.8, 4) is 0 Å². The van der Waals surface area contributed by atoms with E-state index in [1.54, 1.807) is 0 Å². The molecule has 4 amide bonds. The molecule has 0 bridgehead atoms. The van der Waals surface area contributed by atoms with Gasteiger partial charge in [0.25, 0.3) is 23.6 Å². The Balaban J connectivity index is 1.36. The van der Waals surface area contributed by atoms with Gasteiger partial charge in [0, 0.05) is 51.6 Å². The molecule has 0 radical (unpaired) electrons. The Morgan fingerprint density at radius 1 is 0.676 bits per heavy atom. The normalized spacial score (nSPS) is 21.1. The van der Waals surface area contributed by atoms with Crippen molar-refractivity contribution in [2.45, 2.75) is 64.2 Å². The van der Waals surface area contributed by atoms with Crippen molar-refractivity contribution >= 4 is 57.4 Å². The number of carbonyl (C=O) groups is 6. The van der Waals surface area contributed by atoms with Crippen LogP contribution in [0.25, 0.3) is 0 Å². The summed E-state index contributed by atoms with van der Waals surface area (Å²) in [6.07, 6.45) is 1.33. The molecule has 0 aromatic carbocycles. The second-order valence-corrected chi connectivity index (χ2v) is 9.59. The van der Waals surface area contributed by atoms with E-state index in [9.17, 15) is 37.2 Å². The Labute approximate surface area is 211 Å². The summed E-state index contributed by atoms with van der Waals surface area (Å²) in [5.41, 5.74) is 0. The van der Waals surface area contributed by atoms with Crippen molar-refractivity contribution in [3.05, 3.63) is 0 Å². The summed E-state index contributed by atoms with van der Waals surface area (Å²) >= 11 is 0. The lowest BCUT2D eigenvalue weighted by Gasteiger charge is -2.12. The number of nitrogens with zero attached hydrogens (tertiary/aromatic N) is 4. The van der Waals surface area contributed by atoms with Gasteiger partial charge >= 0.3 is 22.1 Å². The standard InChI is InChI=1S/C20H26N6O10S/c27-13-7-8-14(28)25(13)35-17(31)5-1-3-11-21-19-20(24-37(33,34)23-19)22-12-4-2-6-18(32)36-26-15(29)9-10-16(26)30/h1-12H2,(H,21,23)(H,22,24). The lowest BCUT2D eigenvalue weighted by molar-refractivity contribution is -0.197. The zero-order chi connectivity index (χ0) is 27.0. The third-order valence-corrected chi connectivity index (χ3v) is 6.13. The first-order chi connectivity index (χ1) is 17.6. The highest BCUT2D eigenvalue weighted by atomic mass is 32.2. The van der Waals surface area contributed by atoms with Crippen LogP contribution in [0, 0.1) is 0 Å². The molecule has 0 saturated carbocycles. The van der Waals surface area contributed by atoms with Crippen LogP contribution in [0.4, 0.5) is 0 Å². The molecule has 3 heterocycles. The van der Waals surface area contributed by atoms with Gasteiger partial charge in [0.05, 0.1) is 0 Å². The Morgan fingerprint density at radius 2 is 1.03 bits per heavy atom. The van der Waals surface area contributed by atoms with E-state index >= 15 is 0 Å². The van der Waals surface area contributed by atoms with Crippen molar-refractivity contribution in [1.29, 1.82) is 0 Å². The number of nitrogens with one attached hydrogen (secondary N) is 2. The van der Waals surface area contributed by atoms with Crippen LogP contribution in [-0.4, -0.2) is 78.9 Å². The van der Waals surface area contributed by atoms with Crippen molar-refractivity contribution in [1.82, 2.24) is 19.6 Å². The maximum absolute atomic E-state index is 11.8. The number of rotatable bonds is 12. The second kappa shape index (κ2) is 12.4. The van der Waals surface area contributed by atoms with E-state index in [-0.39, 0.29) is 63.3 Å². The van der Waals surface area contributed by atoms with E-state index < -0.39 is 45.8 Å². The molecule has 0 aliphatic carbocycles. The molecule has 2 N–H and O–H groups in total. The molecular weight excluding hydrogens is 516 g/mol. The fourth-order valence-electron chi connectivity index (χ4n) is 3.35.